The largest absolute Gasteiger partial charge is 0.493 e. The fraction of sp³-hybridized carbons (Fsp3) is 0.211. The van der Waals surface area contributed by atoms with Crippen LogP contribution in [0.2, 0.25) is 0 Å². The van der Waals surface area contributed by atoms with Gasteiger partial charge in [0.05, 0.1) is 38.9 Å². The normalized spacial score (nSPS) is 10.9. The van der Waals surface area contributed by atoms with Gasteiger partial charge < -0.3 is 24.1 Å². The van der Waals surface area contributed by atoms with Gasteiger partial charge in [0, 0.05) is 6.07 Å². The van der Waals surface area contributed by atoms with Gasteiger partial charge in [0.1, 0.15) is 0 Å². The zero-order valence-electron chi connectivity index (χ0n) is 15.7. The Morgan fingerprint density at radius 2 is 1.54 bits per heavy atom. The van der Waals surface area contributed by atoms with Crippen LogP contribution < -0.4 is 18.9 Å². The van der Waals surface area contributed by atoms with Crippen molar-refractivity contribution in [3.8, 4) is 23.0 Å². The van der Waals surface area contributed by atoms with Gasteiger partial charge in [-0.25, -0.2) is 4.79 Å². The molecule has 0 heterocycles. The minimum Gasteiger partial charge on any atom is -0.493 e. The summed E-state index contributed by atoms with van der Waals surface area (Å²) in [5.74, 6) is -0.171. The van der Waals surface area contributed by atoms with E-state index >= 15 is 0 Å². The molecule has 0 saturated heterocycles. The molecule has 2 aromatic rings. The Morgan fingerprint density at radius 1 is 0.964 bits per heavy atom. The highest BCUT2D eigenvalue weighted by Crippen LogP contribution is 2.39. The second kappa shape index (κ2) is 8.76. The van der Waals surface area contributed by atoms with Gasteiger partial charge in [-0.2, -0.15) is 0 Å². The highest BCUT2D eigenvalue weighted by molar-refractivity contribution is 6.20. The fourth-order valence-electron chi connectivity index (χ4n) is 2.62. The van der Waals surface area contributed by atoms with E-state index in [1.165, 1.54) is 46.6 Å². The smallest absolute Gasteiger partial charge is 0.336 e. The van der Waals surface area contributed by atoms with Crippen molar-refractivity contribution < 1.29 is 33.8 Å². The van der Waals surface area contributed by atoms with Crippen LogP contribution in [0, 0.1) is 10.1 Å². The minimum atomic E-state index is -1.26. The summed E-state index contributed by atoms with van der Waals surface area (Å²) in [5, 5.41) is 20.9. The van der Waals surface area contributed by atoms with E-state index in [-0.39, 0.29) is 22.6 Å². The van der Waals surface area contributed by atoms with Crippen LogP contribution in [0.15, 0.2) is 30.3 Å². The molecule has 0 bridgehead atoms. The molecule has 9 heteroatoms. The van der Waals surface area contributed by atoms with E-state index in [1.54, 1.807) is 12.1 Å². The first-order chi connectivity index (χ1) is 13.4. The number of rotatable bonds is 8. The summed E-state index contributed by atoms with van der Waals surface area (Å²) in [6.07, 6.45) is 1.36. The number of ether oxygens (including phenoxy) is 4. The van der Waals surface area contributed by atoms with Crippen LogP contribution in [0.5, 0.6) is 23.0 Å². The number of carboxylic acid groups (broad SMARTS) is 1. The summed E-state index contributed by atoms with van der Waals surface area (Å²) in [4.78, 5) is 22.4. The summed E-state index contributed by atoms with van der Waals surface area (Å²) >= 11 is 0. The lowest BCUT2D eigenvalue weighted by Crippen LogP contribution is -2.02. The molecule has 0 aromatic heterocycles. The Balaban J connectivity index is 2.65. The Labute approximate surface area is 160 Å². The van der Waals surface area contributed by atoms with Gasteiger partial charge in [-0.15, -0.1) is 0 Å². The lowest BCUT2D eigenvalue weighted by atomic mass is 10.0. The molecular formula is C19H19NO8. The maximum Gasteiger partial charge on any atom is 0.336 e. The van der Waals surface area contributed by atoms with Crippen molar-refractivity contribution in [3.05, 3.63) is 51.6 Å². The van der Waals surface area contributed by atoms with Gasteiger partial charge in [0.15, 0.2) is 17.2 Å². The van der Waals surface area contributed by atoms with Gasteiger partial charge >= 0.3 is 11.7 Å². The van der Waals surface area contributed by atoms with E-state index < -0.39 is 10.9 Å². The molecule has 9 nitrogen and oxygen atoms in total. The molecule has 0 fully saturated rings. The maximum atomic E-state index is 11.8. The first kappa shape index (κ1) is 20.6. The Bertz CT molecular complexity index is 911. The number of benzene rings is 2. The van der Waals surface area contributed by atoms with Gasteiger partial charge in [0.2, 0.25) is 5.75 Å². The summed E-state index contributed by atoms with van der Waals surface area (Å²) in [6, 6.07) is 7.07. The highest BCUT2D eigenvalue weighted by atomic mass is 16.6. The molecule has 0 spiro atoms. The summed E-state index contributed by atoms with van der Waals surface area (Å²) in [7, 11) is 5.63. The third-order valence-electron chi connectivity index (χ3n) is 3.92. The van der Waals surface area contributed by atoms with Crippen LogP contribution in [0.25, 0.3) is 11.6 Å². The van der Waals surface area contributed by atoms with E-state index in [0.717, 1.165) is 6.07 Å². The van der Waals surface area contributed by atoms with Crippen molar-refractivity contribution in [2.24, 2.45) is 0 Å². The average Bonchev–Trinajstić information content (AvgIpc) is 2.70. The van der Waals surface area contributed by atoms with Gasteiger partial charge in [0.25, 0.3) is 0 Å². The van der Waals surface area contributed by atoms with Crippen molar-refractivity contribution in [1.29, 1.82) is 0 Å². The first-order valence-electron chi connectivity index (χ1n) is 7.94. The highest BCUT2D eigenvalue weighted by Gasteiger charge is 2.20. The monoisotopic (exact) mass is 389 g/mol. The molecule has 2 rings (SSSR count). The number of nitro benzene ring substituents is 1. The van der Waals surface area contributed by atoms with E-state index in [0.29, 0.717) is 22.8 Å². The molecule has 0 aliphatic carbocycles. The SMILES string of the molecule is COc1ccc(/C(=C\c2cc(OC)c(OC)c(OC)c2)C(=O)O)cc1[N+](=O)[O-]. The van der Waals surface area contributed by atoms with Crippen molar-refractivity contribution in [3.63, 3.8) is 0 Å². The Morgan fingerprint density at radius 3 is 1.96 bits per heavy atom. The third-order valence-corrected chi connectivity index (χ3v) is 3.92. The van der Waals surface area contributed by atoms with Gasteiger partial charge in [-0.3, -0.25) is 10.1 Å². The number of methoxy groups -OCH3 is 4. The van der Waals surface area contributed by atoms with Crippen molar-refractivity contribution in [2.45, 2.75) is 0 Å². The molecule has 148 valence electrons. The molecule has 28 heavy (non-hydrogen) atoms. The number of carbonyl (C=O) groups is 1. The third kappa shape index (κ3) is 4.14. The van der Waals surface area contributed by atoms with Gasteiger partial charge in [-0.05, 0) is 41.5 Å². The maximum absolute atomic E-state index is 11.8. The van der Waals surface area contributed by atoms with E-state index in [9.17, 15) is 20.0 Å². The van der Waals surface area contributed by atoms with Crippen LogP contribution in [-0.4, -0.2) is 44.4 Å². The second-order valence-electron chi connectivity index (χ2n) is 5.47. The second-order valence-corrected chi connectivity index (χ2v) is 5.47. The van der Waals surface area contributed by atoms with Crippen LogP contribution in [0.3, 0.4) is 0 Å². The molecule has 0 aliphatic heterocycles. The zero-order chi connectivity index (χ0) is 20.8. The first-order valence-corrected chi connectivity index (χ1v) is 7.94. The number of hydrogen-bond acceptors (Lipinski definition) is 7. The van der Waals surface area contributed by atoms with Gasteiger partial charge in [-0.1, -0.05) is 0 Å². The van der Waals surface area contributed by atoms with Crippen LogP contribution in [0.4, 0.5) is 5.69 Å². The Hall–Kier alpha value is -3.75. The molecule has 0 radical (unpaired) electrons. The predicted octanol–water partition coefficient (Wildman–Crippen LogP) is 3.25. The minimum absolute atomic E-state index is 0.0336. The average molecular weight is 389 g/mol. The molecular weight excluding hydrogens is 370 g/mol. The van der Waals surface area contributed by atoms with Crippen molar-refractivity contribution in [2.75, 3.05) is 28.4 Å². The number of nitro groups is 1. The summed E-state index contributed by atoms with van der Waals surface area (Å²) < 4.78 is 20.7. The molecule has 0 amide bonds. The van der Waals surface area contributed by atoms with E-state index in [2.05, 4.69) is 0 Å². The predicted molar refractivity (Wildman–Crippen MR) is 101 cm³/mol. The number of hydrogen-bond donors (Lipinski definition) is 1. The lowest BCUT2D eigenvalue weighted by molar-refractivity contribution is -0.385. The number of aliphatic carboxylic acids is 1. The Kier molecular flexibility index (Phi) is 6.43. The fourth-order valence-corrected chi connectivity index (χ4v) is 2.62. The summed E-state index contributed by atoms with van der Waals surface area (Å²) in [6.45, 7) is 0. The topological polar surface area (TPSA) is 117 Å². The molecule has 2 aromatic carbocycles. The van der Waals surface area contributed by atoms with E-state index in [4.69, 9.17) is 18.9 Å². The molecule has 0 aliphatic rings. The molecule has 0 saturated carbocycles. The molecule has 0 unspecified atom stereocenters. The summed E-state index contributed by atoms with van der Waals surface area (Å²) in [5.41, 5.74) is 0.108. The van der Waals surface area contributed by atoms with Crippen LogP contribution in [0.1, 0.15) is 11.1 Å². The lowest BCUT2D eigenvalue weighted by Gasteiger charge is -2.13. The van der Waals surface area contributed by atoms with Crippen molar-refractivity contribution in [1.82, 2.24) is 0 Å². The number of carboxylic acids is 1. The standard InChI is InChI=1S/C19H19NO8/c1-25-15-6-5-12(10-14(15)20(23)24)13(19(21)22)7-11-8-16(26-2)18(28-4)17(9-11)27-3/h5-10H,1-4H3,(H,21,22)/b13-7+. The molecule has 0 atom stereocenters. The molecule has 1 N–H and O–H groups in total. The van der Waals surface area contributed by atoms with Crippen LogP contribution in [-0.2, 0) is 4.79 Å². The van der Waals surface area contributed by atoms with Crippen LogP contribution >= 0.6 is 0 Å². The van der Waals surface area contributed by atoms with E-state index in [1.807, 2.05) is 0 Å². The number of nitrogens with zero attached hydrogens (tertiary/aromatic N) is 1. The zero-order valence-corrected chi connectivity index (χ0v) is 15.7. The van der Waals surface area contributed by atoms with Crippen molar-refractivity contribution >= 4 is 23.3 Å². The quantitative estimate of drug-likeness (QED) is 0.316.